The number of aromatic nitrogens is 3. The zero-order valence-corrected chi connectivity index (χ0v) is 20.2. The van der Waals surface area contributed by atoms with Crippen molar-refractivity contribution < 1.29 is 9.53 Å². The maximum atomic E-state index is 12.6. The summed E-state index contributed by atoms with van der Waals surface area (Å²) in [6.07, 6.45) is 1.27. The van der Waals surface area contributed by atoms with Crippen molar-refractivity contribution in [2.75, 3.05) is 25.0 Å². The molecule has 0 saturated carbocycles. The van der Waals surface area contributed by atoms with Crippen LogP contribution in [0.25, 0.3) is 0 Å². The van der Waals surface area contributed by atoms with E-state index in [-0.39, 0.29) is 24.1 Å². The van der Waals surface area contributed by atoms with Crippen LogP contribution < -0.4 is 15.4 Å². The minimum Gasteiger partial charge on any atom is -0.475 e. The fraction of sp³-hybridized carbons (Fsp3) is 0.250. The third kappa shape index (κ3) is 5.45. The molecule has 2 unspecified atom stereocenters. The lowest BCUT2D eigenvalue weighted by Gasteiger charge is -2.44. The van der Waals surface area contributed by atoms with Crippen molar-refractivity contribution in [3.05, 3.63) is 108 Å². The number of nitrogens with one attached hydrogen (secondary N) is 3. The summed E-state index contributed by atoms with van der Waals surface area (Å²) in [6.45, 7) is 4.67. The van der Waals surface area contributed by atoms with Crippen molar-refractivity contribution in [2.24, 2.45) is 0 Å². The van der Waals surface area contributed by atoms with Crippen LogP contribution >= 0.6 is 0 Å². The number of piperazine rings is 1. The molecule has 0 bridgehead atoms. The summed E-state index contributed by atoms with van der Waals surface area (Å²) in [5.41, 5.74) is 3.05. The number of anilines is 1. The summed E-state index contributed by atoms with van der Waals surface area (Å²) in [6, 6.07) is 28.7. The lowest BCUT2D eigenvalue weighted by molar-refractivity contribution is -0.00975. The molecule has 1 aliphatic heterocycles. The number of H-pyrrole nitrogens is 1. The Hall–Kier alpha value is -4.01. The quantitative estimate of drug-likeness (QED) is 0.353. The number of ether oxygens (including phenoxy) is 1. The predicted molar refractivity (Wildman–Crippen MR) is 139 cm³/mol. The van der Waals surface area contributed by atoms with E-state index in [0.717, 1.165) is 19.6 Å². The highest BCUT2D eigenvalue weighted by Crippen LogP contribution is 2.33. The Balaban J connectivity index is 1.37. The molecule has 1 fully saturated rings. The van der Waals surface area contributed by atoms with Gasteiger partial charge in [-0.3, -0.25) is 9.69 Å². The fourth-order valence-electron chi connectivity index (χ4n) is 4.89. The van der Waals surface area contributed by atoms with Crippen molar-refractivity contribution in [1.82, 2.24) is 25.6 Å². The van der Waals surface area contributed by atoms with E-state index >= 15 is 0 Å². The fourth-order valence-corrected chi connectivity index (χ4v) is 4.89. The Morgan fingerprint density at radius 2 is 1.75 bits per heavy atom. The van der Waals surface area contributed by atoms with Crippen molar-refractivity contribution in [3.63, 3.8) is 0 Å². The largest absolute Gasteiger partial charge is 0.475 e. The van der Waals surface area contributed by atoms with Gasteiger partial charge in [0.05, 0.1) is 6.20 Å². The number of amides is 1. The molecule has 0 aliphatic carbocycles. The number of rotatable bonds is 8. The second-order valence-electron chi connectivity index (χ2n) is 8.86. The molecular weight excluding hydrogens is 452 g/mol. The molecule has 8 nitrogen and oxygen atoms in total. The zero-order chi connectivity index (χ0) is 24.7. The molecule has 184 valence electrons. The van der Waals surface area contributed by atoms with Gasteiger partial charge in [-0.1, -0.05) is 66.7 Å². The van der Waals surface area contributed by atoms with E-state index in [1.54, 1.807) is 12.1 Å². The van der Waals surface area contributed by atoms with Crippen LogP contribution in [-0.2, 0) is 0 Å². The molecule has 2 heterocycles. The molecule has 1 aliphatic rings. The topological polar surface area (TPSA) is 95.2 Å². The molecular formula is C28H30N6O2. The highest BCUT2D eigenvalue weighted by molar-refractivity contribution is 6.03. The molecule has 5 rings (SSSR count). The summed E-state index contributed by atoms with van der Waals surface area (Å²) < 4.78 is 6.42. The number of aromatic amines is 1. The normalized spacial score (nSPS) is 17.0. The molecule has 2 atom stereocenters. The van der Waals surface area contributed by atoms with E-state index in [1.165, 1.54) is 17.3 Å². The van der Waals surface area contributed by atoms with E-state index in [4.69, 9.17) is 4.74 Å². The van der Waals surface area contributed by atoms with Crippen LogP contribution in [-0.4, -0.2) is 58.1 Å². The third-order valence-electron chi connectivity index (χ3n) is 6.55. The summed E-state index contributed by atoms with van der Waals surface area (Å²) >= 11 is 0. The van der Waals surface area contributed by atoms with E-state index in [9.17, 15) is 4.79 Å². The Labute approximate surface area is 210 Å². The first kappa shape index (κ1) is 23.7. The summed E-state index contributed by atoms with van der Waals surface area (Å²) in [7, 11) is 0. The molecule has 3 aromatic carbocycles. The van der Waals surface area contributed by atoms with Gasteiger partial charge in [-0.2, -0.15) is 10.3 Å². The number of benzene rings is 3. The Morgan fingerprint density at radius 3 is 2.42 bits per heavy atom. The third-order valence-corrected chi connectivity index (χ3v) is 6.55. The van der Waals surface area contributed by atoms with Crippen molar-refractivity contribution in [3.8, 4) is 5.75 Å². The average molecular weight is 483 g/mol. The lowest BCUT2D eigenvalue weighted by atomic mass is 9.83. The van der Waals surface area contributed by atoms with Crippen LogP contribution in [0.4, 0.5) is 5.82 Å². The average Bonchev–Trinajstić information content (AvgIpc) is 3.44. The SMILES string of the molecule is CC(Oc1cccc(C(=O)Nc2cn[nH]n2)c1)N1CCNCC1C(c1ccccc1)c1ccccc1. The molecule has 8 heteroatoms. The maximum absolute atomic E-state index is 12.6. The predicted octanol–water partition coefficient (Wildman–Crippen LogP) is 3.89. The van der Waals surface area contributed by atoms with Crippen molar-refractivity contribution in [1.29, 1.82) is 0 Å². The van der Waals surface area contributed by atoms with Gasteiger partial charge in [0, 0.05) is 37.2 Å². The zero-order valence-electron chi connectivity index (χ0n) is 20.2. The van der Waals surface area contributed by atoms with Crippen LogP contribution in [0, 0.1) is 0 Å². The highest BCUT2D eigenvalue weighted by atomic mass is 16.5. The van der Waals surface area contributed by atoms with Gasteiger partial charge >= 0.3 is 0 Å². The van der Waals surface area contributed by atoms with Crippen LogP contribution in [0.15, 0.2) is 91.1 Å². The molecule has 1 amide bonds. The first-order valence-electron chi connectivity index (χ1n) is 12.2. The number of carbonyl (C=O) groups is 1. The number of hydrogen-bond donors (Lipinski definition) is 3. The van der Waals surface area contributed by atoms with Gasteiger partial charge in [-0.05, 0) is 36.2 Å². The number of nitrogens with zero attached hydrogens (tertiary/aromatic N) is 3. The first-order valence-corrected chi connectivity index (χ1v) is 12.2. The van der Waals surface area contributed by atoms with Gasteiger partial charge in [-0.25, -0.2) is 0 Å². The molecule has 1 saturated heterocycles. The minimum absolute atomic E-state index is 0.186. The number of hydrogen-bond acceptors (Lipinski definition) is 6. The lowest BCUT2D eigenvalue weighted by Crippen LogP contribution is -2.58. The molecule has 0 spiro atoms. The monoisotopic (exact) mass is 482 g/mol. The van der Waals surface area contributed by atoms with E-state index < -0.39 is 0 Å². The van der Waals surface area contributed by atoms with E-state index in [0.29, 0.717) is 17.1 Å². The highest BCUT2D eigenvalue weighted by Gasteiger charge is 2.35. The Morgan fingerprint density at radius 1 is 1.03 bits per heavy atom. The van der Waals surface area contributed by atoms with Gasteiger partial charge in [0.1, 0.15) is 12.0 Å². The minimum atomic E-state index is -0.268. The van der Waals surface area contributed by atoms with Crippen LogP contribution in [0.1, 0.15) is 34.3 Å². The standard InChI is InChI=1S/C28H30N6O2/c1-20(36-24-14-8-13-23(17-24)28(35)31-26-19-30-33-32-26)34-16-15-29-18-25(34)27(21-9-4-2-5-10-21)22-11-6-3-7-12-22/h2-14,17,19-20,25,27,29H,15-16,18H2,1H3,(H2,30,31,32,33,35). The van der Waals surface area contributed by atoms with Gasteiger partial charge in [-0.15, -0.1) is 5.10 Å². The first-order chi connectivity index (χ1) is 17.7. The van der Waals surface area contributed by atoms with Crippen molar-refractivity contribution >= 4 is 11.7 Å². The molecule has 3 N–H and O–H groups in total. The smallest absolute Gasteiger partial charge is 0.257 e. The van der Waals surface area contributed by atoms with Crippen molar-refractivity contribution in [2.45, 2.75) is 25.1 Å². The molecule has 0 radical (unpaired) electrons. The van der Waals surface area contributed by atoms with Gasteiger partial charge in [0.15, 0.2) is 5.82 Å². The maximum Gasteiger partial charge on any atom is 0.257 e. The Kier molecular flexibility index (Phi) is 7.35. The van der Waals surface area contributed by atoms with Crippen LogP contribution in [0.5, 0.6) is 5.75 Å². The molecule has 36 heavy (non-hydrogen) atoms. The van der Waals surface area contributed by atoms with Gasteiger partial charge in [0.25, 0.3) is 5.91 Å². The summed E-state index contributed by atoms with van der Waals surface area (Å²) in [5, 5.41) is 16.4. The van der Waals surface area contributed by atoms with E-state index in [1.807, 2.05) is 12.1 Å². The summed E-state index contributed by atoms with van der Waals surface area (Å²) in [4.78, 5) is 15.1. The second kappa shape index (κ2) is 11.2. The van der Waals surface area contributed by atoms with Gasteiger partial charge < -0.3 is 15.4 Å². The molecule has 4 aromatic rings. The van der Waals surface area contributed by atoms with E-state index in [2.05, 4.69) is 98.5 Å². The van der Waals surface area contributed by atoms with Crippen LogP contribution in [0.2, 0.25) is 0 Å². The second-order valence-corrected chi connectivity index (χ2v) is 8.86. The molecule has 1 aromatic heterocycles. The van der Waals surface area contributed by atoms with Gasteiger partial charge in [0.2, 0.25) is 0 Å². The number of carbonyl (C=O) groups excluding carboxylic acids is 1. The Bertz CT molecular complexity index is 1210. The summed E-state index contributed by atoms with van der Waals surface area (Å²) in [5.74, 6) is 0.931. The van der Waals surface area contributed by atoms with Crippen LogP contribution in [0.3, 0.4) is 0 Å².